The Kier molecular flexibility index (Phi) is 7.00. The molecule has 0 radical (unpaired) electrons. The maximum Gasteiger partial charge on any atom is 0.407 e. The zero-order chi connectivity index (χ0) is 23.5. The maximum atomic E-state index is 13.2. The van der Waals surface area contributed by atoms with Crippen LogP contribution in [0, 0.1) is 11.7 Å². The van der Waals surface area contributed by atoms with Crippen molar-refractivity contribution in [1.82, 2.24) is 10.2 Å². The summed E-state index contributed by atoms with van der Waals surface area (Å²) in [6.07, 6.45) is 1.12. The van der Waals surface area contributed by atoms with E-state index in [9.17, 15) is 18.8 Å². The number of anilines is 1. The summed E-state index contributed by atoms with van der Waals surface area (Å²) in [5.41, 5.74) is 5.71. The minimum absolute atomic E-state index is 0.103. The number of likely N-dealkylation sites (tertiary alicyclic amines) is 1. The van der Waals surface area contributed by atoms with E-state index in [4.69, 9.17) is 10.5 Å². The zero-order valence-corrected chi connectivity index (χ0v) is 18.6. The highest BCUT2D eigenvalue weighted by Crippen LogP contribution is 2.26. The summed E-state index contributed by atoms with van der Waals surface area (Å²) in [7, 11) is 0. The van der Waals surface area contributed by atoms with Gasteiger partial charge in [-0.05, 0) is 63.8 Å². The standard InChI is InChI=1S/C22H30FN5O4/c1-22(2,3)32-21(31)25-13-14-8-10-27(11-9-14)20(30)17-12-18(19(24)29)28(26-17)16-6-4-15(23)5-7-16/h4-7,14,18H,8-13H2,1-3H3,(H2,24,29)(H,25,31). The number of nitrogens with two attached hydrogens (primary N) is 1. The second-order valence-electron chi connectivity index (χ2n) is 9.11. The number of nitrogens with zero attached hydrogens (tertiary/aromatic N) is 3. The van der Waals surface area contributed by atoms with Gasteiger partial charge in [0.15, 0.2) is 0 Å². The van der Waals surface area contributed by atoms with E-state index in [1.807, 2.05) is 20.8 Å². The number of hydrazone groups is 1. The number of piperidine rings is 1. The zero-order valence-electron chi connectivity index (χ0n) is 18.6. The Hall–Kier alpha value is -3.17. The quantitative estimate of drug-likeness (QED) is 0.716. The lowest BCUT2D eigenvalue weighted by Crippen LogP contribution is -2.45. The van der Waals surface area contributed by atoms with Crippen LogP contribution < -0.4 is 16.1 Å². The van der Waals surface area contributed by atoms with E-state index in [1.54, 1.807) is 4.90 Å². The van der Waals surface area contributed by atoms with Gasteiger partial charge in [-0.3, -0.25) is 14.6 Å². The highest BCUT2D eigenvalue weighted by atomic mass is 19.1. The molecule has 1 aromatic carbocycles. The molecule has 2 aliphatic rings. The Morgan fingerprint density at radius 2 is 1.81 bits per heavy atom. The molecule has 0 bridgehead atoms. The molecule has 1 saturated heterocycles. The second kappa shape index (κ2) is 9.54. The number of alkyl carbamates (subject to hydrolysis) is 1. The topological polar surface area (TPSA) is 117 Å². The fourth-order valence-electron chi connectivity index (χ4n) is 3.76. The van der Waals surface area contributed by atoms with Crippen molar-refractivity contribution < 1.29 is 23.5 Å². The molecular formula is C22H30FN5O4. The lowest BCUT2D eigenvalue weighted by atomic mass is 9.96. The Labute approximate surface area is 186 Å². The van der Waals surface area contributed by atoms with Crippen molar-refractivity contribution in [2.24, 2.45) is 16.8 Å². The fraction of sp³-hybridized carbons (Fsp3) is 0.545. The van der Waals surface area contributed by atoms with Gasteiger partial charge in [0.2, 0.25) is 5.91 Å². The average molecular weight is 448 g/mol. The van der Waals surface area contributed by atoms with Crippen LogP contribution in [0.25, 0.3) is 0 Å². The molecule has 174 valence electrons. The highest BCUT2D eigenvalue weighted by molar-refractivity contribution is 6.40. The molecule has 3 N–H and O–H groups in total. The molecule has 1 unspecified atom stereocenters. The van der Waals surface area contributed by atoms with Crippen LogP contribution in [0.2, 0.25) is 0 Å². The SMILES string of the molecule is CC(C)(C)OC(=O)NCC1CCN(C(=O)C2=NN(c3ccc(F)cc3)C(C(N)=O)C2)CC1. The summed E-state index contributed by atoms with van der Waals surface area (Å²) in [6.45, 7) is 6.96. The van der Waals surface area contributed by atoms with Crippen molar-refractivity contribution >= 4 is 29.3 Å². The Morgan fingerprint density at radius 1 is 1.19 bits per heavy atom. The van der Waals surface area contributed by atoms with E-state index in [0.717, 1.165) is 12.8 Å². The van der Waals surface area contributed by atoms with Crippen LogP contribution >= 0.6 is 0 Å². The van der Waals surface area contributed by atoms with Gasteiger partial charge in [-0.1, -0.05) is 0 Å². The van der Waals surface area contributed by atoms with E-state index >= 15 is 0 Å². The first kappa shape index (κ1) is 23.5. The summed E-state index contributed by atoms with van der Waals surface area (Å²) >= 11 is 0. The van der Waals surface area contributed by atoms with Crippen LogP contribution in [0.4, 0.5) is 14.9 Å². The molecule has 10 heteroatoms. The number of primary amides is 1. The Bertz CT molecular complexity index is 889. The minimum Gasteiger partial charge on any atom is -0.444 e. The number of hydrogen-bond donors (Lipinski definition) is 2. The fourth-order valence-corrected chi connectivity index (χ4v) is 3.76. The van der Waals surface area contributed by atoms with E-state index < -0.39 is 29.5 Å². The second-order valence-corrected chi connectivity index (χ2v) is 9.11. The molecule has 1 atom stereocenters. The van der Waals surface area contributed by atoms with Gasteiger partial charge in [0.05, 0.1) is 5.69 Å². The van der Waals surface area contributed by atoms with Gasteiger partial charge in [-0.15, -0.1) is 0 Å². The summed E-state index contributed by atoms with van der Waals surface area (Å²) < 4.78 is 18.5. The molecule has 2 aliphatic heterocycles. The molecule has 3 rings (SSSR count). The number of amides is 3. The van der Waals surface area contributed by atoms with Crippen molar-refractivity contribution in [3.8, 4) is 0 Å². The average Bonchev–Trinajstić information content (AvgIpc) is 3.17. The summed E-state index contributed by atoms with van der Waals surface area (Å²) in [5.74, 6) is -1.01. The molecule has 9 nitrogen and oxygen atoms in total. The van der Waals surface area contributed by atoms with Crippen molar-refractivity contribution in [2.45, 2.75) is 51.7 Å². The molecule has 32 heavy (non-hydrogen) atoms. The lowest BCUT2D eigenvalue weighted by Gasteiger charge is -2.32. The minimum atomic E-state index is -0.796. The van der Waals surface area contributed by atoms with Crippen molar-refractivity contribution in [1.29, 1.82) is 0 Å². The molecular weight excluding hydrogens is 417 g/mol. The lowest BCUT2D eigenvalue weighted by molar-refractivity contribution is -0.125. The number of halogens is 1. The number of carbonyl (C=O) groups is 3. The van der Waals surface area contributed by atoms with Gasteiger partial charge >= 0.3 is 6.09 Å². The summed E-state index contributed by atoms with van der Waals surface area (Å²) in [5, 5.41) is 8.50. The number of hydrogen-bond acceptors (Lipinski definition) is 6. The highest BCUT2D eigenvalue weighted by Gasteiger charge is 2.37. The number of carbonyl (C=O) groups excluding carboxylic acids is 3. The van der Waals surface area contributed by atoms with Gasteiger partial charge in [0.1, 0.15) is 23.2 Å². The van der Waals surface area contributed by atoms with Crippen LogP contribution in [0.15, 0.2) is 29.4 Å². The number of nitrogens with one attached hydrogen (secondary N) is 1. The number of ether oxygens (including phenoxy) is 1. The van der Waals surface area contributed by atoms with Crippen LogP contribution in [0.1, 0.15) is 40.0 Å². The van der Waals surface area contributed by atoms with E-state index in [1.165, 1.54) is 29.3 Å². The molecule has 0 aliphatic carbocycles. The maximum absolute atomic E-state index is 13.2. The predicted molar refractivity (Wildman–Crippen MR) is 117 cm³/mol. The van der Waals surface area contributed by atoms with Crippen LogP contribution in [-0.4, -0.2) is 59.8 Å². The molecule has 3 amide bonds. The van der Waals surface area contributed by atoms with Crippen LogP contribution in [0.3, 0.4) is 0 Å². The molecule has 0 saturated carbocycles. The normalized spacial score (nSPS) is 19.5. The summed E-state index contributed by atoms with van der Waals surface area (Å²) in [6, 6.07) is 4.71. The third-order valence-corrected chi connectivity index (χ3v) is 5.41. The number of rotatable bonds is 5. The van der Waals surface area contributed by atoms with E-state index in [0.29, 0.717) is 25.3 Å². The number of benzene rings is 1. The molecule has 0 aromatic heterocycles. The largest absolute Gasteiger partial charge is 0.444 e. The Balaban J connectivity index is 1.56. The first-order chi connectivity index (χ1) is 15.0. The van der Waals surface area contributed by atoms with Crippen molar-refractivity contribution in [3.05, 3.63) is 30.1 Å². The van der Waals surface area contributed by atoms with Gasteiger partial charge in [0, 0.05) is 26.1 Å². The third-order valence-electron chi connectivity index (χ3n) is 5.41. The van der Waals surface area contributed by atoms with Crippen molar-refractivity contribution in [2.75, 3.05) is 24.6 Å². The smallest absolute Gasteiger partial charge is 0.407 e. The van der Waals surface area contributed by atoms with Gasteiger partial charge < -0.3 is 20.7 Å². The Morgan fingerprint density at radius 3 is 2.38 bits per heavy atom. The summed E-state index contributed by atoms with van der Waals surface area (Å²) in [4.78, 5) is 38.4. The molecule has 0 spiro atoms. The van der Waals surface area contributed by atoms with E-state index in [-0.39, 0.29) is 24.0 Å². The van der Waals surface area contributed by atoms with Gasteiger partial charge in [0.25, 0.3) is 5.91 Å². The monoisotopic (exact) mass is 447 g/mol. The molecule has 1 fully saturated rings. The van der Waals surface area contributed by atoms with E-state index in [2.05, 4.69) is 10.4 Å². The molecule has 1 aromatic rings. The predicted octanol–water partition coefficient (Wildman–Crippen LogP) is 2.01. The van der Waals surface area contributed by atoms with Gasteiger partial charge in [-0.2, -0.15) is 5.10 Å². The van der Waals surface area contributed by atoms with Crippen molar-refractivity contribution in [3.63, 3.8) is 0 Å². The first-order valence-corrected chi connectivity index (χ1v) is 10.7. The first-order valence-electron chi connectivity index (χ1n) is 10.7. The van der Waals surface area contributed by atoms with Crippen LogP contribution in [-0.2, 0) is 14.3 Å². The third kappa shape index (κ3) is 5.95. The molecule has 2 heterocycles. The van der Waals surface area contributed by atoms with Gasteiger partial charge in [-0.25, -0.2) is 9.18 Å². The van der Waals surface area contributed by atoms with Crippen LogP contribution in [0.5, 0.6) is 0 Å².